The van der Waals surface area contributed by atoms with Crippen LogP contribution in [-0.2, 0) is 0 Å². The van der Waals surface area contributed by atoms with E-state index in [1.165, 1.54) is 52.5 Å². The van der Waals surface area contributed by atoms with Crippen LogP contribution in [0.15, 0.2) is 144 Å². The van der Waals surface area contributed by atoms with E-state index in [0.29, 0.717) is 0 Å². The predicted molar refractivity (Wildman–Crippen MR) is 185 cm³/mol. The molecular formula is C40H23NOS. The predicted octanol–water partition coefficient (Wildman–Crippen LogP) is 12.3. The van der Waals surface area contributed by atoms with Gasteiger partial charge in [-0.3, -0.25) is 0 Å². The third-order valence-corrected chi connectivity index (χ3v) is 10.1. The summed E-state index contributed by atoms with van der Waals surface area (Å²) in [7, 11) is 0. The van der Waals surface area contributed by atoms with Crippen molar-refractivity contribution in [2.75, 3.05) is 4.90 Å². The number of furan rings is 1. The largest absolute Gasteiger partial charge is 0.455 e. The van der Waals surface area contributed by atoms with Crippen LogP contribution in [0.5, 0.6) is 0 Å². The summed E-state index contributed by atoms with van der Waals surface area (Å²) in [5.74, 6) is 0. The van der Waals surface area contributed by atoms with E-state index in [9.17, 15) is 0 Å². The summed E-state index contributed by atoms with van der Waals surface area (Å²) >= 11 is 1.84. The molecule has 200 valence electrons. The van der Waals surface area contributed by atoms with Crippen LogP contribution in [-0.4, -0.2) is 0 Å². The summed E-state index contributed by atoms with van der Waals surface area (Å²) in [6, 6.07) is 50.6. The van der Waals surface area contributed by atoms with Crippen molar-refractivity contribution in [2.24, 2.45) is 0 Å². The van der Waals surface area contributed by atoms with E-state index in [1.807, 2.05) is 17.4 Å². The first-order valence-corrected chi connectivity index (χ1v) is 15.4. The van der Waals surface area contributed by atoms with Gasteiger partial charge in [0.2, 0.25) is 0 Å². The number of benzene rings is 8. The maximum absolute atomic E-state index is 6.60. The zero-order chi connectivity index (χ0) is 28.1. The maximum atomic E-state index is 6.60. The average molecular weight is 566 g/mol. The van der Waals surface area contributed by atoms with Gasteiger partial charge in [-0.15, -0.1) is 11.3 Å². The van der Waals surface area contributed by atoms with Gasteiger partial charge in [0, 0.05) is 37.6 Å². The van der Waals surface area contributed by atoms with Crippen molar-refractivity contribution in [1.29, 1.82) is 0 Å². The van der Waals surface area contributed by atoms with Gasteiger partial charge in [0.05, 0.1) is 10.4 Å². The molecule has 0 bridgehead atoms. The highest BCUT2D eigenvalue weighted by Crippen LogP contribution is 2.50. The molecule has 0 aliphatic rings. The number of anilines is 3. The summed E-state index contributed by atoms with van der Waals surface area (Å²) in [5, 5.41) is 12.4. The van der Waals surface area contributed by atoms with Crippen molar-refractivity contribution in [3.8, 4) is 0 Å². The monoisotopic (exact) mass is 565 g/mol. The molecule has 2 aromatic heterocycles. The van der Waals surface area contributed by atoms with Gasteiger partial charge in [-0.1, -0.05) is 97.1 Å². The molecule has 0 radical (unpaired) electrons. The van der Waals surface area contributed by atoms with Gasteiger partial charge in [-0.05, 0) is 74.8 Å². The van der Waals surface area contributed by atoms with E-state index in [1.54, 1.807) is 0 Å². The first-order valence-electron chi connectivity index (χ1n) is 14.6. The molecule has 43 heavy (non-hydrogen) atoms. The lowest BCUT2D eigenvalue weighted by Gasteiger charge is -2.27. The number of para-hydroxylation sites is 2. The molecule has 0 N–H and O–H groups in total. The molecule has 0 saturated heterocycles. The highest BCUT2D eigenvalue weighted by molar-refractivity contribution is 7.26. The Kier molecular flexibility index (Phi) is 4.63. The summed E-state index contributed by atoms with van der Waals surface area (Å²) in [4.78, 5) is 2.44. The summed E-state index contributed by atoms with van der Waals surface area (Å²) in [6.07, 6.45) is 0. The number of thiophene rings is 1. The number of rotatable bonds is 3. The molecule has 0 aliphatic heterocycles. The van der Waals surface area contributed by atoms with E-state index in [4.69, 9.17) is 4.42 Å². The molecule has 3 heteroatoms. The van der Waals surface area contributed by atoms with E-state index >= 15 is 0 Å². The van der Waals surface area contributed by atoms with E-state index in [0.717, 1.165) is 39.0 Å². The summed E-state index contributed by atoms with van der Waals surface area (Å²) in [6.45, 7) is 0. The highest BCUT2D eigenvalue weighted by atomic mass is 32.1. The normalized spacial score (nSPS) is 12.2. The third-order valence-electron chi connectivity index (χ3n) is 8.93. The quantitative estimate of drug-likeness (QED) is 0.198. The molecule has 10 aromatic rings. The minimum atomic E-state index is 0.917. The number of hydrogen-bond acceptors (Lipinski definition) is 3. The molecule has 10 rings (SSSR count). The fraction of sp³-hybridized carbons (Fsp3) is 0. The molecule has 8 aromatic carbocycles. The lowest BCUT2D eigenvalue weighted by Crippen LogP contribution is -2.10. The van der Waals surface area contributed by atoms with Gasteiger partial charge in [-0.2, -0.15) is 0 Å². The molecule has 2 nitrogen and oxygen atoms in total. The van der Waals surface area contributed by atoms with Gasteiger partial charge in [0.1, 0.15) is 11.2 Å². The average Bonchev–Trinajstić information content (AvgIpc) is 3.63. The molecule has 0 saturated carbocycles. The Morgan fingerprint density at radius 1 is 0.465 bits per heavy atom. The Bertz CT molecular complexity index is 2620. The lowest BCUT2D eigenvalue weighted by molar-refractivity contribution is 0.673. The Balaban J connectivity index is 1.36. The SMILES string of the molecule is c1ccc(N(c2cc3ccc4cccc5ccc(c2)c3c45)c2cc3c4ccccc4oc3c3c2sc2ccccc23)cc1. The van der Waals surface area contributed by atoms with Crippen molar-refractivity contribution < 1.29 is 4.42 Å². The second-order valence-corrected chi connectivity index (χ2v) is 12.4. The van der Waals surface area contributed by atoms with Gasteiger partial charge in [0.25, 0.3) is 0 Å². The second-order valence-electron chi connectivity index (χ2n) is 11.3. The van der Waals surface area contributed by atoms with Crippen LogP contribution in [0.4, 0.5) is 17.1 Å². The van der Waals surface area contributed by atoms with Crippen LogP contribution in [0.3, 0.4) is 0 Å². The minimum absolute atomic E-state index is 0.917. The Hall–Kier alpha value is -5.38. The summed E-state index contributed by atoms with van der Waals surface area (Å²) in [5.41, 5.74) is 5.31. The first kappa shape index (κ1) is 23.2. The van der Waals surface area contributed by atoms with Crippen molar-refractivity contribution in [3.05, 3.63) is 140 Å². The number of hydrogen-bond donors (Lipinski definition) is 0. The third kappa shape index (κ3) is 3.23. The van der Waals surface area contributed by atoms with Crippen LogP contribution in [0, 0.1) is 0 Å². The zero-order valence-electron chi connectivity index (χ0n) is 23.0. The number of fused-ring (bicyclic) bond motifs is 7. The zero-order valence-corrected chi connectivity index (χ0v) is 23.9. The topological polar surface area (TPSA) is 16.4 Å². The highest BCUT2D eigenvalue weighted by Gasteiger charge is 2.24. The molecule has 2 heterocycles. The Morgan fingerprint density at radius 2 is 1.12 bits per heavy atom. The smallest absolute Gasteiger partial charge is 0.144 e. The second kappa shape index (κ2) is 8.57. The van der Waals surface area contributed by atoms with E-state index < -0.39 is 0 Å². The van der Waals surface area contributed by atoms with Gasteiger partial charge < -0.3 is 9.32 Å². The van der Waals surface area contributed by atoms with Crippen molar-refractivity contribution in [1.82, 2.24) is 0 Å². The molecular weight excluding hydrogens is 543 g/mol. The van der Waals surface area contributed by atoms with E-state index in [2.05, 4.69) is 138 Å². The fourth-order valence-electron chi connectivity index (χ4n) is 7.08. The van der Waals surface area contributed by atoms with Crippen molar-refractivity contribution >= 4 is 103 Å². The molecule has 0 amide bonds. The molecule has 0 aliphatic carbocycles. The van der Waals surface area contributed by atoms with Crippen LogP contribution in [0.25, 0.3) is 74.4 Å². The Labute approximate surface area is 250 Å². The molecule has 0 unspecified atom stereocenters. The van der Waals surface area contributed by atoms with Gasteiger partial charge >= 0.3 is 0 Å². The number of nitrogens with zero attached hydrogens (tertiary/aromatic N) is 1. The van der Waals surface area contributed by atoms with Gasteiger partial charge in [0.15, 0.2) is 0 Å². The maximum Gasteiger partial charge on any atom is 0.144 e. The van der Waals surface area contributed by atoms with Crippen LogP contribution < -0.4 is 4.90 Å². The van der Waals surface area contributed by atoms with Crippen molar-refractivity contribution in [2.45, 2.75) is 0 Å². The standard InChI is InChI=1S/C40H23NOS/c1-2-11-28(12-3-1)41(29-21-26-19-17-24-9-8-10-25-18-20-27(22-29)37(26)36(24)25)33-23-32-30-13-4-6-15-34(30)42-39(32)38-31-14-5-7-16-35(31)43-40(33)38/h1-23H. The molecule has 0 spiro atoms. The van der Waals surface area contributed by atoms with Crippen LogP contribution >= 0.6 is 11.3 Å². The first-order chi connectivity index (χ1) is 21.3. The van der Waals surface area contributed by atoms with Gasteiger partial charge in [-0.25, -0.2) is 0 Å². The lowest BCUT2D eigenvalue weighted by atomic mass is 9.93. The molecule has 0 fully saturated rings. The summed E-state index contributed by atoms with van der Waals surface area (Å²) < 4.78 is 9.08. The van der Waals surface area contributed by atoms with E-state index in [-0.39, 0.29) is 0 Å². The Morgan fingerprint density at radius 3 is 1.91 bits per heavy atom. The molecule has 0 atom stereocenters. The van der Waals surface area contributed by atoms with Crippen LogP contribution in [0.1, 0.15) is 0 Å². The minimum Gasteiger partial charge on any atom is -0.455 e. The van der Waals surface area contributed by atoms with Crippen molar-refractivity contribution in [3.63, 3.8) is 0 Å². The van der Waals surface area contributed by atoms with Crippen LogP contribution in [0.2, 0.25) is 0 Å². The fourth-order valence-corrected chi connectivity index (χ4v) is 8.29.